The molecule has 0 aliphatic rings. The van der Waals surface area contributed by atoms with Crippen molar-refractivity contribution in [3.63, 3.8) is 0 Å². The number of nitrogens with one attached hydrogen (secondary N) is 1. The lowest BCUT2D eigenvalue weighted by atomic mass is 10.2. The fraction of sp³-hybridized carbons (Fsp3) is 0.211. The molecule has 0 radical (unpaired) electrons. The minimum atomic E-state index is -0.622. The van der Waals surface area contributed by atoms with Gasteiger partial charge in [0.2, 0.25) is 11.7 Å². The van der Waals surface area contributed by atoms with E-state index in [-0.39, 0.29) is 23.9 Å². The number of amides is 1. The Morgan fingerprint density at radius 2 is 2.04 bits per heavy atom. The van der Waals surface area contributed by atoms with Gasteiger partial charge in [-0.3, -0.25) is 9.59 Å². The van der Waals surface area contributed by atoms with Crippen LogP contribution in [0.4, 0.5) is 0 Å². The average molecular weight is 398 g/mol. The van der Waals surface area contributed by atoms with Gasteiger partial charge in [0.1, 0.15) is 5.56 Å². The summed E-state index contributed by atoms with van der Waals surface area (Å²) < 4.78 is 6.69. The van der Waals surface area contributed by atoms with Crippen LogP contribution in [0.15, 0.2) is 42.7 Å². The van der Waals surface area contributed by atoms with Gasteiger partial charge in [-0.05, 0) is 31.2 Å². The molecule has 0 bridgehead atoms. The lowest BCUT2D eigenvalue weighted by molar-refractivity contribution is -0.119. The Morgan fingerprint density at radius 1 is 1.21 bits per heavy atom. The third-order valence-electron chi connectivity index (χ3n) is 3.88. The molecule has 0 spiro atoms. The molecule has 0 aliphatic carbocycles. The molecule has 3 aromatic rings. The number of aromatic nitrogens is 3. The van der Waals surface area contributed by atoms with Gasteiger partial charge >= 0.3 is 5.97 Å². The van der Waals surface area contributed by atoms with E-state index in [1.165, 1.54) is 29.1 Å². The van der Waals surface area contributed by atoms with Crippen molar-refractivity contribution in [2.24, 2.45) is 0 Å². The number of ether oxygens (including phenoxy) is 1. The van der Waals surface area contributed by atoms with Crippen LogP contribution >= 0.6 is 11.3 Å². The highest BCUT2D eigenvalue weighted by molar-refractivity contribution is 7.14. The van der Waals surface area contributed by atoms with E-state index in [0.717, 1.165) is 4.88 Å². The summed E-state index contributed by atoms with van der Waals surface area (Å²) in [5, 5.41) is 6.83. The number of hydrogen-bond donors (Lipinski definition) is 1. The number of Topliss-reactive ketones (excluding diaryl/α,β-unsaturated/α-hetero) is 1. The molecular formula is C19H18N4O4S. The van der Waals surface area contributed by atoms with E-state index < -0.39 is 5.97 Å². The predicted octanol–water partition coefficient (Wildman–Crippen LogP) is 2.31. The van der Waals surface area contributed by atoms with Crippen LogP contribution in [0, 0.1) is 6.92 Å². The van der Waals surface area contributed by atoms with Crippen LogP contribution in [0.3, 0.4) is 0 Å². The van der Waals surface area contributed by atoms with Crippen molar-refractivity contribution in [2.45, 2.75) is 20.4 Å². The summed E-state index contributed by atoms with van der Waals surface area (Å²) in [6.45, 7) is 3.15. The van der Waals surface area contributed by atoms with Crippen LogP contribution in [-0.2, 0) is 16.1 Å². The molecule has 0 atom stereocenters. The molecule has 3 rings (SSSR count). The Kier molecular flexibility index (Phi) is 5.95. The first kappa shape index (κ1) is 19.4. The second-order valence-electron chi connectivity index (χ2n) is 5.92. The summed E-state index contributed by atoms with van der Waals surface area (Å²) in [4.78, 5) is 41.0. The first-order valence-corrected chi connectivity index (χ1v) is 9.27. The molecule has 0 aromatic carbocycles. The fourth-order valence-corrected chi connectivity index (χ4v) is 3.31. The molecule has 0 unspecified atom stereocenters. The van der Waals surface area contributed by atoms with Crippen molar-refractivity contribution in [1.82, 2.24) is 20.1 Å². The monoisotopic (exact) mass is 398 g/mol. The first-order chi connectivity index (χ1) is 13.5. The molecule has 1 amide bonds. The molecule has 8 nitrogen and oxygen atoms in total. The number of ketones is 1. The van der Waals surface area contributed by atoms with Crippen LogP contribution in [-0.4, -0.2) is 39.0 Å². The van der Waals surface area contributed by atoms with Crippen LogP contribution in [0.2, 0.25) is 0 Å². The van der Waals surface area contributed by atoms with Crippen molar-refractivity contribution in [3.05, 3.63) is 63.7 Å². The Hall–Kier alpha value is -3.33. The number of hydrogen-bond acceptors (Lipinski definition) is 7. The highest BCUT2D eigenvalue weighted by Crippen LogP contribution is 2.18. The van der Waals surface area contributed by atoms with Gasteiger partial charge in [-0.1, -0.05) is 6.07 Å². The van der Waals surface area contributed by atoms with Crippen LogP contribution < -0.4 is 5.32 Å². The Morgan fingerprint density at radius 3 is 2.75 bits per heavy atom. The lowest BCUT2D eigenvalue weighted by Gasteiger charge is -2.05. The van der Waals surface area contributed by atoms with Crippen molar-refractivity contribution in [2.75, 3.05) is 6.61 Å². The molecule has 0 aliphatic heterocycles. The molecule has 1 N–H and O–H groups in total. The summed E-state index contributed by atoms with van der Waals surface area (Å²) in [6, 6.07) is 8.80. The van der Waals surface area contributed by atoms with E-state index in [9.17, 15) is 14.4 Å². The van der Waals surface area contributed by atoms with E-state index in [1.807, 2.05) is 6.07 Å². The number of nitrogens with zero attached hydrogens (tertiary/aromatic N) is 3. The second kappa shape index (κ2) is 8.57. The highest BCUT2D eigenvalue weighted by atomic mass is 32.1. The standard InChI is InChI=1S/C19H18N4O4S/c1-12-15(10-22-23(12)18-5-3-4-8-20-18)19(26)27-11-16(25)17-7-6-14(28-17)9-21-13(2)24/h3-8,10H,9,11H2,1-2H3,(H,21,24). The minimum absolute atomic E-state index is 0.142. The normalized spacial score (nSPS) is 10.5. The molecule has 144 valence electrons. The summed E-state index contributed by atoms with van der Waals surface area (Å²) in [5.41, 5.74) is 0.848. The Labute approximate surface area is 165 Å². The molecule has 3 heterocycles. The largest absolute Gasteiger partial charge is 0.454 e. The number of carbonyl (C=O) groups is 3. The zero-order valence-corrected chi connectivity index (χ0v) is 16.2. The van der Waals surface area contributed by atoms with Gasteiger partial charge in [0.25, 0.3) is 0 Å². The Bertz CT molecular complexity index is 1010. The minimum Gasteiger partial charge on any atom is -0.454 e. The number of thiophene rings is 1. The summed E-state index contributed by atoms with van der Waals surface area (Å²) >= 11 is 1.25. The van der Waals surface area contributed by atoms with E-state index in [0.29, 0.717) is 22.9 Å². The van der Waals surface area contributed by atoms with Crippen LogP contribution in [0.5, 0.6) is 0 Å². The molecule has 0 fully saturated rings. The number of carbonyl (C=O) groups excluding carboxylic acids is 3. The summed E-state index contributed by atoms with van der Waals surface area (Å²) in [5.74, 6) is -0.484. The van der Waals surface area contributed by atoms with Gasteiger partial charge in [0.05, 0.1) is 23.3 Å². The maximum Gasteiger partial charge on any atom is 0.342 e. The fourth-order valence-electron chi connectivity index (χ4n) is 2.43. The van der Waals surface area contributed by atoms with Gasteiger partial charge in [-0.15, -0.1) is 11.3 Å². The second-order valence-corrected chi connectivity index (χ2v) is 7.09. The third-order valence-corrected chi connectivity index (χ3v) is 5.00. The molecule has 3 aromatic heterocycles. The van der Waals surface area contributed by atoms with Gasteiger partial charge in [0.15, 0.2) is 12.4 Å². The van der Waals surface area contributed by atoms with Crippen molar-refractivity contribution >= 4 is 29.0 Å². The molecule has 0 saturated carbocycles. The Balaban J connectivity index is 1.61. The number of rotatable bonds is 7. The number of esters is 1. The van der Waals surface area contributed by atoms with Gasteiger partial charge in [-0.25, -0.2) is 14.5 Å². The van der Waals surface area contributed by atoms with Crippen LogP contribution in [0.1, 0.15) is 37.5 Å². The van der Waals surface area contributed by atoms with E-state index in [1.54, 1.807) is 37.4 Å². The quantitative estimate of drug-likeness (QED) is 0.484. The predicted molar refractivity (Wildman–Crippen MR) is 103 cm³/mol. The van der Waals surface area contributed by atoms with E-state index in [2.05, 4.69) is 15.4 Å². The van der Waals surface area contributed by atoms with Crippen molar-refractivity contribution in [3.8, 4) is 5.82 Å². The van der Waals surface area contributed by atoms with E-state index in [4.69, 9.17) is 4.74 Å². The maximum atomic E-state index is 12.3. The average Bonchev–Trinajstić information content (AvgIpc) is 3.32. The van der Waals surface area contributed by atoms with Crippen molar-refractivity contribution < 1.29 is 19.1 Å². The lowest BCUT2D eigenvalue weighted by Crippen LogP contribution is -2.18. The third kappa shape index (κ3) is 4.49. The topological polar surface area (TPSA) is 103 Å². The van der Waals surface area contributed by atoms with Crippen molar-refractivity contribution in [1.29, 1.82) is 0 Å². The zero-order valence-electron chi connectivity index (χ0n) is 15.3. The highest BCUT2D eigenvalue weighted by Gasteiger charge is 2.19. The molecular weight excluding hydrogens is 380 g/mol. The van der Waals surface area contributed by atoms with Crippen LogP contribution in [0.25, 0.3) is 5.82 Å². The first-order valence-electron chi connectivity index (χ1n) is 8.45. The molecule has 0 saturated heterocycles. The van der Waals surface area contributed by atoms with Gasteiger partial charge in [-0.2, -0.15) is 5.10 Å². The van der Waals surface area contributed by atoms with Gasteiger partial charge in [0, 0.05) is 18.0 Å². The number of pyridine rings is 1. The maximum absolute atomic E-state index is 12.3. The summed E-state index contributed by atoms with van der Waals surface area (Å²) in [6.07, 6.45) is 3.03. The van der Waals surface area contributed by atoms with E-state index >= 15 is 0 Å². The molecule has 9 heteroatoms. The van der Waals surface area contributed by atoms with Gasteiger partial charge < -0.3 is 10.1 Å². The zero-order chi connectivity index (χ0) is 20.1. The smallest absolute Gasteiger partial charge is 0.342 e. The summed E-state index contributed by atoms with van der Waals surface area (Å²) in [7, 11) is 0. The SMILES string of the molecule is CC(=O)NCc1ccc(C(=O)COC(=O)c2cnn(-c3ccccn3)c2C)s1. The molecule has 28 heavy (non-hydrogen) atoms.